The summed E-state index contributed by atoms with van der Waals surface area (Å²) in [5, 5.41) is 0. The van der Waals surface area contributed by atoms with Crippen molar-refractivity contribution >= 4 is 28.3 Å². The first-order valence-corrected chi connectivity index (χ1v) is 7.49. The quantitative estimate of drug-likeness (QED) is 0.842. The van der Waals surface area contributed by atoms with Crippen LogP contribution in [0.5, 0.6) is 0 Å². The lowest BCUT2D eigenvalue weighted by Gasteiger charge is -2.05. The minimum Gasteiger partial charge on any atom is -0.362 e. The highest BCUT2D eigenvalue weighted by atomic mass is 32.2. The van der Waals surface area contributed by atoms with Crippen molar-refractivity contribution in [3.63, 3.8) is 0 Å². The van der Waals surface area contributed by atoms with Gasteiger partial charge in [-0.05, 0) is 29.8 Å². The summed E-state index contributed by atoms with van der Waals surface area (Å²) in [6.45, 7) is 10.6. The molecule has 0 amide bonds. The number of hydrogen-bond acceptors (Lipinski definition) is 2. The SMILES string of the molecule is C=Cc1ccc[nH]1.C=Cc1cccc(S(=O)(=O)O)c1C=C. The minimum atomic E-state index is -4.20. The van der Waals surface area contributed by atoms with E-state index in [9.17, 15) is 8.42 Å². The van der Waals surface area contributed by atoms with Crippen LogP contribution < -0.4 is 0 Å². The average molecular weight is 303 g/mol. The summed E-state index contributed by atoms with van der Waals surface area (Å²) in [4.78, 5) is 2.82. The Balaban J connectivity index is 0.000000262. The van der Waals surface area contributed by atoms with Crippen molar-refractivity contribution in [3.8, 4) is 0 Å². The molecule has 0 atom stereocenters. The van der Waals surface area contributed by atoms with Gasteiger partial charge < -0.3 is 4.98 Å². The molecule has 21 heavy (non-hydrogen) atoms. The first-order valence-electron chi connectivity index (χ1n) is 6.05. The van der Waals surface area contributed by atoms with Gasteiger partial charge in [0.05, 0.1) is 0 Å². The zero-order valence-electron chi connectivity index (χ0n) is 11.5. The molecule has 0 aliphatic carbocycles. The van der Waals surface area contributed by atoms with E-state index in [1.165, 1.54) is 24.3 Å². The number of rotatable bonds is 4. The van der Waals surface area contributed by atoms with Crippen molar-refractivity contribution in [3.05, 3.63) is 73.1 Å². The Morgan fingerprint density at radius 2 is 1.71 bits per heavy atom. The van der Waals surface area contributed by atoms with Gasteiger partial charge in [-0.3, -0.25) is 4.55 Å². The predicted octanol–water partition coefficient (Wildman–Crippen LogP) is 3.88. The van der Waals surface area contributed by atoms with Gasteiger partial charge in [-0.15, -0.1) is 0 Å². The highest BCUT2D eigenvalue weighted by molar-refractivity contribution is 7.85. The van der Waals surface area contributed by atoms with Gasteiger partial charge in [0.2, 0.25) is 0 Å². The molecule has 1 aromatic carbocycles. The van der Waals surface area contributed by atoms with Crippen molar-refractivity contribution in [2.24, 2.45) is 0 Å². The number of nitrogens with one attached hydrogen (secondary N) is 1. The van der Waals surface area contributed by atoms with Gasteiger partial charge >= 0.3 is 0 Å². The fourth-order valence-corrected chi connectivity index (χ4v) is 2.38. The molecule has 0 radical (unpaired) electrons. The molecule has 0 aliphatic heterocycles. The molecule has 0 saturated heterocycles. The molecule has 0 bridgehead atoms. The van der Waals surface area contributed by atoms with Crippen LogP contribution in [-0.2, 0) is 10.1 Å². The molecule has 2 aromatic rings. The second kappa shape index (κ2) is 7.42. The Hall–Kier alpha value is -2.37. The number of aromatic amines is 1. The second-order valence-electron chi connectivity index (χ2n) is 3.97. The lowest BCUT2D eigenvalue weighted by molar-refractivity contribution is 0.483. The van der Waals surface area contributed by atoms with E-state index >= 15 is 0 Å². The van der Waals surface area contributed by atoms with Crippen LogP contribution >= 0.6 is 0 Å². The number of H-pyrrole nitrogens is 1. The van der Waals surface area contributed by atoms with Crippen LogP contribution in [0.25, 0.3) is 18.2 Å². The van der Waals surface area contributed by atoms with Gasteiger partial charge in [0, 0.05) is 17.5 Å². The number of aromatic nitrogens is 1. The standard InChI is InChI=1S/C10H10O3S.C6H7N/c1-3-8-6-5-7-10(9(8)4-2)14(11,12)13;1-2-6-4-3-5-7-6/h3-7H,1-2H2,(H,11,12,13);2-5,7H,1H2. The van der Waals surface area contributed by atoms with Gasteiger partial charge in [-0.25, -0.2) is 0 Å². The van der Waals surface area contributed by atoms with Crippen molar-refractivity contribution in [2.75, 3.05) is 0 Å². The smallest absolute Gasteiger partial charge is 0.295 e. The molecule has 110 valence electrons. The van der Waals surface area contributed by atoms with E-state index in [0.717, 1.165) is 5.69 Å². The highest BCUT2D eigenvalue weighted by Crippen LogP contribution is 2.21. The van der Waals surface area contributed by atoms with E-state index in [1.54, 1.807) is 12.1 Å². The number of benzene rings is 1. The third-order valence-electron chi connectivity index (χ3n) is 2.64. The summed E-state index contributed by atoms with van der Waals surface area (Å²) in [5.74, 6) is 0. The molecule has 0 spiro atoms. The predicted molar refractivity (Wildman–Crippen MR) is 87.3 cm³/mol. The molecule has 0 aliphatic rings. The first kappa shape index (κ1) is 16.7. The summed E-state index contributed by atoms with van der Waals surface area (Å²) in [6.07, 6.45) is 6.53. The zero-order valence-corrected chi connectivity index (χ0v) is 12.3. The Labute approximate surface area is 124 Å². The normalized spacial score (nSPS) is 10.1. The maximum Gasteiger partial charge on any atom is 0.295 e. The van der Waals surface area contributed by atoms with E-state index in [4.69, 9.17) is 4.55 Å². The fraction of sp³-hybridized carbons (Fsp3) is 0. The molecule has 4 nitrogen and oxygen atoms in total. The average Bonchev–Trinajstić information content (AvgIpc) is 2.99. The Bertz CT molecular complexity index is 729. The van der Waals surface area contributed by atoms with Gasteiger partial charge in [0.15, 0.2) is 0 Å². The second-order valence-corrected chi connectivity index (χ2v) is 5.36. The van der Waals surface area contributed by atoms with Crippen LogP contribution in [0.1, 0.15) is 16.8 Å². The molecule has 2 rings (SSSR count). The third kappa shape index (κ3) is 4.59. The molecular weight excluding hydrogens is 286 g/mol. The van der Waals surface area contributed by atoms with Gasteiger partial charge in [-0.2, -0.15) is 8.42 Å². The lowest BCUT2D eigenvalue weighted by atomic mass is 10.1. The maximum atomic E-state index is 11.0. The summed E-state index contributed by atoms with van der Waals surface area (Å²) >= 11 is 0. The molecule has 5 heteroatoms. The van der Waals surface area contributed by atoms with E-state index in [2.05, 4.69) is 24.7 Å². The molecule has 2 N–H and O–H groups in total. The Morgan fingerprint density at radius 3 is 2.10 bits per heavy atom. The summed E-state index contributed by atoms with van der Waals surface area (Å²) < 4.78 is 30.8. The van der Waals surface area contributed by atoms with E-state index in [1.807, 2.05) is 18.3 Å². The third-order valence-corrected chi connectivity index (χ3v) is 3.56. The molecule has 0 saturated carbocycles. The lowest BCUT2D eigenvalue weighted by Crippen LogP contribution is -2.01. The molecule has 0 unspecified atom stereocenters. The van der Waals surface area contributed by atoms with Crippen LogP contribution in [0.3, 0.4) is 0 Å². The summed E-state index contributed by atoms with van der Waals surface area (Å²) in [7, 11) is -4.20. The van der Waals surface area contributed by atoms with Crippen molar-refractivity contribution in [2.45, 2.75) is 4.90 Å². The van der Waals surface area contributed by atoms with Gasteiger partial charge in [-0.1, -0.05) is 44.0 Å². The van der Waals surface area contributed by atoms with E-state index < -0.39 is 10.1 Å². The molecule has 1 aromatic heterocycles. The van der Waals surface area contributed by atoms with Crippen LogP contribution in [0.4, 0.5) is 0 Å². The maximum absolute atomic E-state index is 11.0. The van der Waals surface area contributed by atoms with E-state index in [-0.39, 0.29) is 4.90 Å². The number of hydrogen-bond donors (Lipinski definition) is 2. The topological polar surface area (TPSA) is 70.2 Å². The van der Waals surface area contributed by atoms with Crippen LogP contribution in [0.2, 0.25) is 0 Å². The van der Waals surface area contributed by atoms with Crippen LogP contribution in [0.15, 0.2) is 61.2 Å². The van der Waals surface area contributed by atoms with Crippen LogP contribution in [0, 0.1) is 0 Å². The Kier molecular flexibility index (Phi) is 5.90. The minimum absolute atomic E-state index is 0.148. The summed E-state index contributed by atoms with van der Waals surface area (Å²) in [5.41, 5.74) is 2.06. The van der Waals surface area contributed by atoms with Gasteiger partial charge in [0.25, 0.3) is 10.1 Å². The van der Waals surface area contributed by atoms with Crippen molar-refractivity contribution in [1.82, 2.24) is 4.98 Å². The fourth-order valence-electron chi connectivity index (χ4n) is 1.65. The molecular formula is C16H17NO3S. The van der Waals surface area contributed by atoms with E-state index in [0.29, 0.717) is 11.1 Å². The first-order chi connectivity index (χ1) is 9.93. The molecule has 1 heterocycles. The largest absolute Gasteiger partial charge is 0.362 e. The van der Waals surface area contributed by atoms with Gasteiger partial charge in [0.1, 0.15) is 4.90 Å². The van der Waals surface area contributed by atoms with Crippen LogP contribution in [-0.4, -0.2) is 18.0 Å². The summed E-state index contributed by atoms with van der Waals surface area (Å²) in [6, 6.07) is 8.45. The zero-order chi connectivity index (χ0) is 15.9. The highest BCUT2D eigenvalue weighted by Gasteiger charge is 2.14. The van der Waals surface area contributed by atoms with Crippen molar-refractivity contribution < 1.29 is 13.0 Å². The van der Waals surface area contributed by atoms with Crippen molar-refractivity contribution in [1.29, 1.82) is 0 Å². The molecule has 0 fully saturated rings. The Morgan fingerprint density at radius 1 is 1.00 bits per heavy atom. The monoisotopic (exact) mass is 303 g/mol.